The molecule has 0 aliphatic rings. The van der Waals surface area contributed by atoms with Crippen molar-refractivity contribution < 1.29 is 4.79 Å². The number of nitrogens with one attached hydrogen (secondary N) is 4. The number of fused-ring (bicyclic) bond motifs is 1. The van der Waals surface area contributed by atoms with Crippen molar-refractivity contribution in [2.75, 3.05) is 11.9 Å². The number of amides is 1. The van der Waals surface area contributed by atoms with Crippen molar-refractivity contribution >= 4 is 34.8 Å². The summed E-state index contributed by atoms with van der Waals surface area (Å²) in [5.41, 5.74) is 2.45. The number of hydrogen-bond donors (Lipinski definition) is 4. The molecule has 4 aromatic heterocycles. The molecule has 160 valence electrons. The third kappa shape index (κ3) is 4.47. The van der Waals surface area contributed by atoms with Crippen molar-refractivity contribution in [2.24, 2.45) is 0 Å². The van der Waals surface area contributed by atoms with Crippen LogP contribution in [0.3, 0.4) is 0 Å². The van der Waals surface area contributed by atoms with Crippen molar-refractivity contribution in [3.8, 4) is 0 Å². The summed E-state index contributed by atoms with van der Waals surface area (Å²) in [6.45, 7) is 0.533. The number of aromatic nitrogens is 7. The fraction of sp³-hybridized carbons (Fsp3) is 0.0952. The summed E-state index contributed by atoms with van der Waals surface area (Å²) in [7, 11) is 0. The fourth-order valence-corrected chi connectivity index (χ4v) is 4.01. The van der Waals surface area contributed by atoms with E-state index in [1.807, 2.05) is 42.6 Å². The number of hydrogen-bond acceptors (Lipinski definition) is 7. The first-order chi connectivity index (χ1) is 15.7. The van der Waals surface area contributed by atoms with Crippen LogP contribution in [0.2, 0.25) is 0 Å². The molecule has 0 fully saturated rings. The van der Waals surface area contributed by atoms with Gasteiger partial charge in [0.1, 0.15) is 22.7 Å². The summed E-state index contributed by atoms with van der Waals surface area (Å²) >= 11 is 1.46. The summed E-state index contributed by atoms with van der Waals surface area (Å²) in [5, 5.41) is 18.4. The van der Waals surface area contributed by atoms with Crippen LogP contribution >= 0.6 is 11.8 Å². The molecule has 0 aliphatic carbocycles. The maximum Gasteiger partial charge on any atom is 0.251 e. The van der Waals surface area contributed by atoms with Gasteiger partial charge in [0.25, 0.3) is 5.91 Å². The van der Waals surface area contributed by atoms with Gasteiger partial charge in [-0.1, -0.05) is 17.8 Å². The van der Waals surface area contributed by atoms with E-state index in [9.17, 15) is 4.79 Å². The zero-order valence-electron chi connectivity index (χ0n) is 16.8. The van der Waals surface area contributed by atoms with Crippen LogP contribution in [0.5, 0.6) is 0 Å². The zero-order valence-corrected chi connectivity index (χ0v) is 17.6. The van der Waals surface area contributed by atoms with Crippen LogP contribution in [0, 0.1) is 0 Å². The van der Waals surface area contributed by atoms with Gasteiger partial charge in [-0.05, 0) is 30.3 Å². The van der Waals surface area contributed by atoms with Crippen LogP contribution in [-0.4, -0.2) is 47.2 Å². The Kier molecular flexibility index (Phi) is 5.54. The summed E-state index contributed by atoms with van der Waals surface area (Å²) in [4.78, 5) is 24.7. The van der Waals surface area contributed by atoms with Crippen LogP contribution < -0.4 is 10.6 Å². The van der Waals surface area contributed by atoms with Crippen LogP contribution in [-0.2, 0) is 6.42 Å². The van der Waals surface area contributed by atoms with Gasteiger partial charge in [-0.3, -0.25) is 9.89 Å². The largest absolute Gasteiger partial charge is 0.352 e. The maximum atomic E-state index is 12.5. The van der Waals surface area contributed by atoms with E-state index in [4.69, 9.17) is 0 Å². The molecule has 5 rings (SSSR count). The highest BCUT2D eigenvalue weighted by Gasteiger charge is 2.10. The Morgan fingerprint density at radius 3 is 3.06 bits per heavy atom. The van der Waals surface area contributed by atoms with Gasteiger partial charge >= 0.3 is 0 Å². The minimum absolute atomic E-state index is 0.115. The Balaban J connectivity index is 1.21. The average Bonchev–Trinajstić information content (AvgIpc) is 3.56. The van der Waals surface area contributed by atoms with E-state index in [0.29, 0.717) is 30.2 Å². The quantitative estimate of drug-likeness (QED) is 0.289. The number of nitrogens with zero attached hydrogens (tertiary/aromatic N) is 5. The van der Waals surface area contributed by atoms with Crippen molar-refractivity contribution in [3.63, 3.8) is 0 Å². The van der Waals surface area contributed by atoms with E-state index in [1.165, 1.54) is 18.1 Å². The van der Waals surface area contributed by atoms with Crippen molar-refractivity contribution in [1.29, 1.82) is 0 Å². The molecule has 11 heteroatoms. The Bertz CT molecular complexity index is 1340. The topological polar surface area (TPSA) is 129 Å². The lowest BCUT2D eigenvalue weighted by atomic mass is 10.2. The number of benzene rings is 1. The molecule has 10 nitrogen and oxygen atoms in total. The number of aromatic amines is 2. The van der Waals surface area contributed by atoms with E-state index >= 15 is 0 Å². The summed E-state index contributed by atoms with van der Waals surface area (Å²) in [6, 6.07) is 13.2. The van der Waals surface area contributed by atoms with Gasteiger partial charge < -0.3 is 15.6 Å². The first-order valence-electron chi connectivity index (χ1n) is 9.89. The molecule has 0 saturated heterocycles. The first-order valence-corrected chi connectivity index (χ1v) is 10.7. The third-order valence-corrected chi connectivity index (χ3v) is 5.60. The minimum Gasteiger partial charge on any atom is -0.352 e. The summed E-state index contributed by atoms with van der Waals surface area (Å²) < 4.78 is 1.74. The predicted octanol–water partition coefficient (Wildman–Crippen LogP) is 3.04. The monoisotopic (exact) mass is 445 g/mol. The van der Waals surface area contributed by atoms with Gasteiger partial charge in [0.2, 0.25) is 0 Å². The molecule has 0 atom stereocenters. The molecule has 0 spiro atoms. The Labute approximate surface area is 186 Å². The molecule has 1 aromatic carbocycles. The molecule has 4 heterocycles. The van der Waals surface area contributed by atoms with Gasteiger partial charge in [0, 0.05) is 47.6 Å². The maximum absolute atomic E-state index is 12.5. The van der Waals surface area contributed by atoms with E-state index in [0.717, 1.165) is 21.1 Å². The van der Waals surface area contributed by atoms with Gasteiger partial charge in [-0.2, -0.15) is 10.2 Å². The standard InChI is InChI=1S/C21H19N9OS/c31-21(23-7-6-15-11-22-12-24-15)14-3-1-4-16(9-14)32-19-10-18(28-29-19)27-20-17-5-2-8-30(17)26-13-25-20/h1-5,8-13H,6-7H2,(H,22,24)(H,23,31)(H2,25,26,27,28,29). The average molecular weight is 446 g/mol. The molecule has 0 unspecified atom stereocenters. The Hall–Kier alpha value is -4.12. The van der Waals surface area contributed by atoms with Gasteiger partial charge in [-0.25, -0.2) is 14.5 Å². The van der Waals surface area contributed by atoms with E-state index in [2.05, 4.69) is 40.9 Å². The molecule has 4 N–H and O–H groups in total. The number of imidazole rings is 1. The molecule has 0 bridgehead atoms. The fourth-order valence-electron chi connectivity index (χ4n) is 3.17. The number of rotatable bonds is 8. The highest BCUT2D eigenvalue weighted by Crippen LogP contribution is 2.29. The van der Waals surface area contributed by atoms with Gasteiger partial charge in [0.05, 0.1) is 6.33 Å². The summed E-state index contributed by atoms with van der Waals surface area (Å²) in [5.74, 6) is 1.28. The van der Waals surface area contributed by atoms with E-state index in [1.54, 1.807) is 23.1 Å². The van der Waals surface area contributed by atoms with Crippen molar-refractivity contribution in [3.05, 3.63) is 78.8 Å². The normalized spacial score (nSPS) is 11.0. The highest BCUT2D eigenvalue weighted by atomic mass is 32.2. The van der Waals surface area contributed by atoms with Crippen LogP contribution in [0.1, 0.15) is 16.1 Å². The second-order valence-corrected chi connectivity index (χ2v) is 8.00. The second kappa shape index (κ2) is 8.94. The molecule has 1 amide bonds. The minimum atomic E-state index is -0.115. The molecular weight excluding hydrogens is 426 g/mol. The predicted molar refractivity (Wildman–Crippen MR) is 120 cm³/mol. The lowest BCUT2D eigenvalue weighted by molar-refractivity contribution is 0.0954. The van der Waals surface area contributed by atoms with Gasteiger partial charge in [-0.15, -0.1) is 0 Å². The number of carbonyl (C=O) groups is 1. The Morgan fingerprint density at radius 2 is 2.16 bits per heavy atom. The molecule has 0 radical (unpaired) electrons. The smallest absolute Gasteiger partial charge is 0.251 e. The van der Waals surface area contributed by atoms with Gasteiger partial charge in [0.15, 0.2) is 5.82 Å². The SMILES string of the molecule is O=C(NCCc1cnc[nH]1)c1cccc(Sc2cc(Nc3ncnn4cccc34)[nH]n2)c1. The first kappa shape index (κ1) is 19.8. The summed E-state index contributed by atoms with van der Waals surface area (Å²) in [6.07, 6.45) is 7.43. The number of H-pyrrole nitrogens is 2. The molecule has 0 aliphatic heterocycles. The van der Waals surface area contributed by atoms with Crippen molar-refractivity contribution in [1.82, 2.24) is 40.1 Å². The van der Waals surface area contributed by atoms with E-state index in [-0.39, 0.29) is 5.91 Å². The lowest BCUT2D eigenvalue weighted by Gasteiger charge is -2.06. The number of anilines is 2. The van der Waals surface area contributed by atoms with E-state index < -0.39 is 0 Å². The van der Waals surface area contributed by atoms with Crippen LogP contribution in [0.15, 0.2) is 77.4 Å². The molecular formula is C21H19N9OS. The van der Waals surface area contributed by atoms with Crippen LogP contribution in [0.4, 0.5) is 11.6 Å². The molecule has 0 saturated carbocycles. The molecule has 32 heavy (non-hydrogen) atoms. The lowest BCUT2D eigenvalue weighted by Crippen LogP contribution is -2.25. The molecule has 5 aromatic rings. The Morgan fingerprint density at radius 1 is 1.19 bits per heavy atom. The third-order valence-electron chi connectivity index (χ3n) is 4.69. The van der Waals surface area contributed by atoms with Crippen molar-refractivity contribution in [2.45, 2.75) is 16.3 Å². The highest BCUT2D eigenvalue weighted by molar-refractivity contribution is 7.99. The zero-order chi connectivity index (χ0) is 21.8. The second-order valence-electron chi connectivity index (χ2n) is 6.90. The number of carbonyl (C=O) groups excluding carboxylic acids is 1. The van der Waals surface area contributed by atoms with Crippen LogP contribution in [0.25, 0.3) is 5.52 Å².